The number of nitrogens with one attached hydrogen (secondary N) is 2. The Labute approximate surface area is 338 Å². The van der Waals surface area contributed by atoms with Gasteiger partial charge in [0.1, 0.15) is 17.9 Å². The number of aromatic amines is 1. The number of anilines is 1. The van der Waals surface area contributed by atoms with Gasteiger partial charge in [-0.2, -0.15) is 5.12 Å². The van der Waals surface area contributed by atoms with Crippen LogP contribution in [0, 0.1) is 5.41 Å². The number of carbonyl (C=O) groups excluding carboxylic acids is 2. The van der Waals surface area contributed by atoms with Crippen LogP contribution in [0.3, 0.4) is 0 Å². The van der Waals surface area contributed by atoms with Gasteiger partial charge in [-0.1, -0.05) is 43.5 Å². The number of unbranched alkanes of at least 4 members (excludes halogenated alkanes) is 2. The van der Waals surface area contributed by atoms with Gasteiger partial charge in [-0.25, -0.2) is 9.59 Å². The van der Waals surface area contributed by atoms with Crippen LogP contribution in [0.4, 0.5) is 15.0 Å². The number of H-pyrrole nitrogens is 1. The van der Waals surface area contributed by atoms with Crippen LogP contribution in [0.1, 0.15) is 81.0 Å². The van der Waals surface area contributed by atoms with Crippen LogP contribution in [-0.2, 0) is 31.1 Å². The number of methoxy groups -OCH3 is 1. The maximum atomic E-state index is 15.6. The van der Waals surface area contributed by atoms with Gasteiger partial charge in [0, 0.05) is 61.6 Å². The summed E-state index contributed by atoms with van der Waals surface area (Å²) in [7, 11) is 1.32. The summed E-state index contributed by atoms with van der Waals surface area (Å²) in [4.78, 5) is 45.8. The van der Waals surface area contributed by atoms with Crippen molar-refractivity contribution in [1.82, 2.24) is 30.2 Å². The van der Waals surface area contributed by atoms with Crippen LogP contribution in [0.25, 0.3) is 11.4 Å². The van der Waals surface area contributed by atoms with Crippen LogP contribution in [0.15, 0.2) is 73.1 Å². The Bertz CT molecular complexity index is 1940. The molecule has 0 bridgehead atoms. The minimum atomic E-state index is -0.997. The number of benzene rings is 2. The van der Waals surface area contributed by atoms with Crippen LogP contribution in [0.5, 0.6) is 5.75 Å². The van der Waals surface area contributed by atoms with E-state index in [1.54, 1.807) is 60.9 Å². The maximum absolute atomic E-state index is 15.6. The van der Waals surface area contributed by atoms with Crippen LogP contribution >= 0.6 is 0 Å². The van der Waals surface area contributed by atoms with Crippen molar-refractivity contribution in [3.05, 3.63) is 90.0 Å². The molecule has 15 nitrogen and oxygen atoms in total. The van der Waals surface area contributed by atoms with Crippen molar-refractivity contribution in [2.75, 3.05) is 52.0 Å². The highest BCUT2D eigenvalue weighted by Gasteiger charge is 2.48. The van der Waals surface area contributed by atoms with Gasteiger partial charge in [0.05, 0.1) is 20.3 Å². The van der Waals surface area contributed by atoms with Crippen molar-refractivity contribution in [2.24, 2.45) is 5.41 Å². The largest absolute Gasteiger partial charge is 0.494 e. The van der Waals surface area contributed by atoms with Crippen molar-refractivity contribution in [2.45, 2.75) is 77.4 Å². The molecular weight excluding hydrogens is 750 g/mol. The zero-order valence-corrected chi connectivity index (χ0v) is 33.6. The second kappa shape index (κ2) is 20.7. The number of nitrogens with zero attached hydrogens (tertiary/aromatic N) is 5. The second-order valence-electron chi connectivity index (χ2n) is 15.3. The molecule has 16 heteroatoms. The molecule has 5 rings (SSSR count). The summed E-state index contributed by atoms with van der Waals surface area (Å²) >= 11 is 0. The number of carbonyl (C=O) groups is 3. The minimum Gasteiger partial charge on any atom is -0.494 e. The number of rotatable bonds is 20. The molecule has 1 fully saturated rings. The number of hydrogen-bond donors (Lipinski definition) is 3. The van der Waals surface area contributed by atoms with E-state index in [0.717, 1.165) is 24.8 Å². The topological polar surface area (TPSA) is 181 Å². The lowest BCUT2D eigenvalue weighted by atomic mass is 9.73. The standard InChI is InChI=1S/C42H54FN7O8/c1-41(2,3)35-27-42(17-20-49(35)40(53)54,39-45-37(47-48-39)31-15-18-44-19-16-31)46-33-13-9-12-32(26-33)38(52)50(43)28-30-11-8-14-34(25-30)58-24-7-5-6-21-56-22-10-23-57-29-36(51)55-4/h8-9,11-16,18-19,25-26,35,46H,5-7,10,17,20-24,27-29H2,1-4H3,(H,53,54)(H,45,47,48). The molecule has 1 aliphatic rings. The van der Waals surface area contributed by atoms with E-state index >= 15 is 4.48 Å². The zero-order valence-electron chi connectivity index (χ0n) is 33.6. The summed E-state index contributed by atoms with van der Waals surface area (Å²) in [6.07, 6.45) is 6.32. The summed E-state index contributed by atoms with van der Waals surface area (Å²) in [5.74, 6) is 0.425. The van der Waals surface area contributed by atoms with Gasteiger partial charge in [0.25, 0.3) is 5.91 Å². The van der Waals surface area contributed by atoms with Gasteiger partial charge in [-0.3, -0.25) is 9.78 Å². The van der Waals surface area contributed by atoms with Gasteiger partial charge in [-0.05, 0) is 92.0 Å². The first kappa shape index (κ1) is 43.5. The van der Waals surface area contributed by atoms with Gasteiger partial charge >= 0.3 is 12.1 Å². The smallest absolute Gasteiger partial charge is 0.407 e. The number of piperidine rings is 1. The summed E-state index contributed by atoms with van der Waals surface area (Å²) in [5, 5.41) is 22.8. The number of ether oxygens (including phenoxy) is 4. The first-order valence-electron chi connectivity index (χ1n) is 19.5. The van der Waals surface area contributed by atoms with Gasteiger partial charge < -0.3 is 39.3 Å². The Morgan fingerprint density at radius 2 is 1.71 bits per heavy atom. The molecule has 0 aliphatic carbocycles. The average Bonchev–Trinajstić information content (AvgIpc) is 3.72. The van der Waals surface area contributed by atoms with Crippen LogP contribution < -0.4 is 10.1 Å². The molecule has 4 aromatic rings. The molecule has 3 heterocycles. The number of hydrogen-bond acceptors (Lipinski definition) is 11. The van der Waals surface area contributed by atoms with E-state index in [-0.39, 0.29) is 30.4 Å². The quantitative estimate of drug-likeness (QED) is 0.0472. The highest BCUT2D eigenvalue weighted by molar-refractivity contribution is 5.94. The fourth-order valence-electron chi connectivity index (χ4n) is 6.88. The second-order valence-corrected chi connectivity index (χ2v) is 15.3. The molecule has 2 unspecified atom stereocenters. The monoisotopic (exact) mass is 803 g/mol. The van der Waals surface area contributed by atoms with E-state index in [9.17, 15) is 19.5 Å². The number of likely N-dealkylation sites (tertiary alicyclic amines) is 1. The Kier molecular flexibility index (Phi) is 15.5. The zero-order chi connectivity index (χ0) is 41.5. The third-order valence-electron chi connectivity index (χ3n) is 10.00. The van der Waals surface area contributed by atoms with Crippen molar-refractivity contribution < 1.29 is 42.9 Å². The van der Waals surface area contributed by atoms with E-state index < -0.39 is 35.0 Å². The molecule has 0 spiro atoms. The lowest BCUT2D eigenvalue weighted by molar-refractivity contribution is -0.146. The fraction of sp³-hybridized carbons (Fsp3) is 0.476. The first-order valence-corrected chi connectivity index (χ1v) is 19.5. The lowest BCUT2D eigenvalue weighted by Crippen LogP contribution is -2.58. The van der Waals surface area contributed by atoms with Gasteiger partial charge in [-0.15, -0.1) is 10.2 Å². The molecule has 312 valence electrons. The normalized spacial score (nSPS) is 16.8. The SMILES string of the molecule is COC(=O)COCCCOCCCCCOc1cccc(CN(F)C(=O)c2cccc(NC3(c4nnc(-c5ccncc5)[nH]4)CCN(C(=O)O)C(C(C)(C)C)C3)c2)c1. The predicted molar refractivity (Wildman–Crippen MR) is 214 cm³/mol. The van der Waals surface area contributed by atoms with Crippen molar-refractivity contribution in [3.8, 4) is 17.1 Å². The van der Waals surface area contributed by atoms with Crippen molar-refractivity contribution in [1.29, 1.82) is 0 Å². The van der Waals surface area contributed by atoms with E-state index in [2.05, 4.69) is 30.2 Å². The highest BCUT2D eigenvalue weighted by atomic mass is 19.2. The third kappa shape index (κ3) is 12.2. The molecule has 2 aromatic heterocycles. The number of aromatic nitrogens is 4. The molecule has 0 saturated carbocycles. The van der Waals surface area contributed by atoms with Gasteiger partial charge in [0.2, 0.25) is 0 Å². The van der Waals surface area contributed by atoms with E-state index in [4.69, 9.17) is 14.2 Å². The molecule has 0 radical (unpaired) electrons. The minimum absolute atomic E-state index is 0.0576. The summed E-state index contributed by atoms with van der Waals surface area (Å²) in [5.41, 5.74) is 0.714. The van der Waals surface area contributed by atoms with Crippen molar-refractivity contribution >= 4 is 23.7 Å². The Morgan fingerprint density at radius 1 is 0.966 bits per heavy atom. The lowest BCUT2D eigenvalue weighted by Gasteiger charge is -2.49. The Hall–Kier alpha value is -5.61. The molecule has 58 heavy (non-hydrogen) atoms. The number of halogens is 1. The van der Waals surface area contributed by atoms with E-state index in [1.807, 2.05) is 32.9 Å². The molecule has 2 atom stereocenters. The Morgan fingerprint density at radius 3 is 2.47 bits per heavy atom. The third-order valence-corrected chi connectivity index (χ3v) is 10.00. The predicted octanol–water partition coefficient (Wildman–Crippen LogP) is 7.03. The van der Waals surface area contributed by atoms with E-state index in [0.29, 0.717) is 74.3 Å². The molecule has 1 aliphatic heterocycles. The fourth-order valence-corrected chi connectivity index (χ4v) is 6.88. The highest BCUT2D eigenvalue weighted by Crippen LogP contribution is 2.43. The molecule has 3 N–H and O–H groups in total. The molecular formula is C42H54FN7O8. The van der Waals surface area contributed by atoms with Crippen molar-refractivity contribution in [3.63, 3.8) is 0 Å². The first-order chi connectivity index (χ1) is 27.9. The van der Waals surface area contributed by atoms with E-state index in [1.165, 1.54) is 12.0 Å². The average molecular weight is 804 g/mol. The Balaban J connectivity index is 1.17. The summed E-state index contributed by atoms with van der Waals surface area (Å²) < 4.78 is 36.8. The molecule has 1 saturated heterocycles. The van der Waals surface area contributed by atoms with Crippen LogP contribution in [-0.4, -0.2) is 106 Å². The van der Waals surface area contributed by atoms with Gasteiger partial charge in [0.15, 0.2) is 11.6 Å². The number of amides is 2. The number of pyridine rings is 1. The maximum Gasteiger partial charge on any atom is 0.407 e. The molecule has 2 amide bonds. The summed E-state index contributed by atoms with van der Waals surface area (Å²) in [6, 6.07) is 16.9. The number of esters is 1. The number of carboxylic acid groups (broad SMARTS) is 1. The summed E-state index contributed by atoms with van der Waals surface area (Å²) in [6.45, 7) is 7.97. The molecule has 2 aromatic carbocycles. The van der Waals surface area contributed by atoms with Crippen LogP contribution in [0.2, 0.25) is 0 Å².